The lowest BCUT2D eigenvalue weighted by Crippen LogP contribution is -2.45. The van der Waals surface area contributed by atoms with Crippen molar-refractivity contribution >= 4 is 40.2 Å². The minimum Gasteiger partial charge on any atom is -0.497 e. The van der Waals surface area contributed by atoms with Gasteiger partial charge in [0.05, 0.1) is 23.1 Å². The molecule has 4 rings (SSSR count). The van der Waals surface area contributed by atoms with Gasteiger partial charge < -0.3 is 14.7 Å². The molecule has 3 aromatic rings. The fourth-order valence-electron chi connectivity index (χ4n) is 4.86. The molecule has 1 aromatic heterocycles. The van der Waals surface area contributed by atoms with Crippen LogP contribution in [0.5, 0.6) is 5.75 Å². The van der Waals surface area contributed by atoms with Gasteiger partial charge in [0, 0.05) is 34.3 Å². The van der Waals surface area contributed by atoms with Crippen molar-refractivity contribution in [2.24, 2.45) is 5.41 Å². The third-order valence-corrected chi connectivity index (χ3v) is 8.52. The molecule has 0 bridgehead atoms. The highest BCUT2D eigenvalue weighted by molar-refractivity contribution is 7.99. The van der Waals surface area contributed by atoms with Crippen molar-refractivity contribution in [3.8, 4) is 5.75 Å². The quantitative estimate of drug-likeness (QED) is 0.286. The number of pyridine rings is 1. The van der Waals surface area contributed by atoms with E-state index in [0.717, 1.165) is 12.3 Å². The summed E-state index contributed by atoms with van der Waals surface area (Å²) in [7, 11) is 1.55. The van der Waals surface area contributed by atoms with Crippen molar-refractivity contribution in [3.63, 3.8) is 0 Å². The topological polar surface area (TPSA) is 62.7 Å². The van der Waals surface area contributed by atoms with Gasteiger partial charge in [-0.3, -0.25) is 9.78 Å². The van der Waals surface area contributed by atoms with Crippen LogP contribution in [0.4, 0.5) is 4.39 Å². The summed E-state index contributed by atoms with van der Waals surface area (Å²) in [4.78, 5) is 20.2. The van der Waals surface area contributed by atoms with E-state index in [4.69, 9.17) is 16.3 Å². The van der Waals surface area contributed by atoms with Crippen molar-refractivity contribution in [3.05, 3.63) is 64.8 Å². The van der Waals surface area contributed by atoms with Crippen LogP contribution in [-0.4, -0.2) is 53.5 Å². The predicted molar refractivity (Wildman–Crippen MR) is 144 cm³/mol. The summed E-state index contributed by atoms with van der Waals surface area (Å²) in [5, 5.41) is 10.9. The first-order valence-electron chi connectivity index (χ1n) is 12.2. The lowest BCUT2D eigenvalue weighted by atomic mass is 9.74. The Balaban J connectivity index is 1.37. The fourth-order valence-corrected chi connectivity index (χ4v) is 6.05. The average molecular weight is 531 g/mol. The maximum absolute atomic E-state index is 15.6. The number of alkyl halides is 1. The molecule has 1 aliphatic rings. The van der Waals surface area contributed by atoms with E-state index in [2.05, 4.69) is 41.1 Å². The van der Waals surface area contributed by atoms with Crippen LogP contribution in [0.1, 0.15) is 43.0 Å². The minimum absolute atomic E-state index is 0.0889. The zero-order chi connectivity index (χ0) is 25.7. The summed E-state index contributed by atoms with van der Waals surface area (Å²) in [6, 6.07) is 13.8. The largest absolute Gasteiger partial charge is 0.497 e. The van der Waals surface area contributed by atoms with Crippen LogP contribution in [0, 0.1) is 12.3 Å². The smallest absolute Gasteiger partial charge is 0.309 e. The Bertz CT molecular complexity index is 1200. The van der Waals surface area contributed by atoms with Gasteiger partial charge in [0.2, 0.25) is 0 Å². The second kappa shape index (κ2) is 11.8. The number of aryl methyl sites for hydroxylation is 1. The number of fused-ring (bicyclic) bond motifs is 1. The molecule has 0 radical (unpaired) electrons. The van der Waals surface area contributed by atoms with Gasteiger partial charge in [0.25, 0.3) is 0 Å². The Morgan fingerprint density at radius 3 is 2.64 bits per heavy atom. The Morgan fingerprint density at radius 2 is 1.97 bits per heavy atom. The van der Waals surface area contributed by atoms with Crippen molar-refractivity contribution < 1.29 is 19.0 Å². The number of benzene rings is 2. The molecule has 0 amide bonds. The lowest BCUT2D eigenvalue weighted by molar-refractivity contribution is -0.153. The number of aromatic nitrogens is 1. The molecule has 36 heavy (non-hydrogen) atoms. The predicted octanol–water partition coefficient (Wildman–Crippen LogP) is 6.96. The molecule has 1 atom stereocenters. The monoisotopic (exact) mass is 530 g/mol. The molecule has 8 heteroatoms. The fraction of sp³-hybridized carbons (Fsp3) is 0.429. The van der Waals surface area contributed by atoms with Crippen molar-refractivity contribution in [2.45, 2.75) is 43.7 Å². The number of ether oxygens (including phenoxy) is 1. The molecule has 0 spiro atoms. The molecular weight excluding hydrogens is 499 g/mol. The van der Waals surface area contributed by atoms with Crippen LogP contribution in [0.3, 0.4) is 0 Å². The number of thioether (sulfide) groups is 1. The molecule has 192 valence electrons. The van der Waals surface area contributed by atoms with Crippen LogP contribution in [0.15, 0.2) is 53.6 Å². The van der Waals surface area contributed by atoms with Gasteiger partial charge in [0.15, 0.2) is 0 Å². The highest BCUT2D eigenvalue weighted by atomic mass is 35.5. The molecule has 1 N–H and O–H groups in total. The molecular formula is C28H32ClFN2O3S. The summed E-state index contributed by atoms with van der Waals surface area (Å²) in [5.41, 5.74) is 1.31. The number of hydrogen-bond acceptors (Lipinski definition) is 5. The van der Waals surface area contributed by atoms with Crippen LogP contribution >= 0.6 is 23.4 Å². The Hall–Kier alpha value is -2.35. The Labute approximate surface area is 221 Å². The van der Waals surface area contributed by atoms with E-state index in [9.17, 15) is 9.90 Å². The third kappa shape index (κ3) is 6.13. The van der Waals surface area contributed by atoms with E-state index >= 15 is 4.39 Å². The molecule has 0 unspecified atom stereocenters. The molecule has 1 aliphatic heterocycles. The second-order valence-corrected chi connectivity index (χ2v) is 11.1. The first kappa shape index (κ1) is 26.7. The first-order chi connectivity index (χ1) is 17.3. The number of carboxylic acids is 1. The van der Waals surface area contributed by atoms with Crippen LogP contribution in [0.25, 0.3) is 10.9 Å². The molecule has 2 aromatic carbocycles. The SMILES string of the molecule is COc1ccc2ncc(Cl)c([C@@H](F)CCC3(C(=O)O)CCN(CCSc4ccc(C)cc4)CC3)c2c1. The van der Waals surface area contributed by atoms with Gasteiger partial charge in [-0.25, -0.2) is 4.39 Å². The van der Waals surface area contributed by atoms with Gasteiger partial charge in [-0.2, -0.15) is 0 Å². The number of piperidine rings is 1. The normalized spacial score (nSPS) is 16.7. The molecule has 1 fully saturated rings. The number of rotatable bonds is 10. The summed E-state index contributed by atoms with van der Waals surface area (Å²) >= 11 is 8.18. The van der Waals surface area contributed by atoms with Gasteiger partial charge >= 0.3 is 5.97 Å². The molecule has 2 heterocycles. The zero-order valence-electron chi connectivity index (χ0n) is 20.7. The van der Waals surface area contributed by atoms with E-state index in [0.29, 0.717) is 48.1 Å². The number of aliphatic carboxylic acids is 1. The van der Waals surface area contributed by atoms with Crippen molar-refractivity contribution in [2.75, 3.05) is 32.5 Å². The van der Waals surface area contributed by atoms with E-state index in [1.165, 1.54) is 16.7 Å². The van der Waals surface area contributed by atoms with Crippen molar-refractivity contribution in [1.29, 1.82) is 0 Å². The third-order valence-electron chi connectivity index (χ3n) is 7.22. The number of carboxylic acid groups (broad SMARTS) is 1. The van der Waals surface area contributed by atoms with Crippen LogP contribution < -0.4 is 4.74 Å². The maximum Gasteiger partial charge on any atom is 0.309 e. The van der Waals surface area contributed by atoms with Crippen LogP contribution in [-0.2, 0) is 4.79 Å². The molecule has 5 nitrogen and oxygen atoms in total. The lowest BCUT2D eigenvalue weighted by Gasteiger charge is -2.39. The summed E-state index contributed by atoms with van der Waals surface area (Å²) < 4.78 is 20.9. The van der Waals surface area contributed by atoms with E-state index in [-0.39, 0.29) is 17.9 Å². The number of nitrogens with zero attached hydrogens (tertiary/aromatic N) is 2. The number of hydrogen-bond donors (Lipinski definition) is 1. The number of halogens is 2. The second-order valence-electron chi connectivity index (χ2n) is 9.50. The summed E-state index contributed by atoms with van der Waals surface area (Å²) in [6.45, 7) is 4.38. The number of methoxy groups -OCH3 is 1. The molecule has 1 saturated heterocycles. The van der Waals surface area contributed by atoms with Gasteiger partial charge in [0.1, 0.15) is 11.9 Å². The highest BCUT2D eigenvalue weighted by Crippen LogP contribution is 2.42. The standard InChI is InChI=1S/C28H32ClFN2O3S/c1-19-3-6-21(7-4-19)36-16-15-32-13-11-28(12-14-32,27(33)34)10-9-24(30)26-22-17-20(35-2)5-8-25(22)31-18-23(26)29/h3-8,17-18,24H,9-16H2,1-2H3,(H,33,34)/t24-/m0/s1. The molecule has 0 aliphatic carbocycles. The number of likely N-dealkylation sites (tertiary alicyclic amines) is 1. The molecule has 0 saturated carbocycles. The van der Waals surface area contributed by atoms with Gasteiger partial charge in [-0.15, -0.1) is 11.8 Å². The van der Waals surface area contributed by atoms with Crippen molar-refractivity contribution in [1.82, 2.24) is 9.88 Å². The Kier molecular flexibility index (Phi) is 8.75. The summed E-state index contributed by atoms with van der Waals surface area (Å²) in [5.74, 6) is 0.706. The van der Waals surface area contributed by atoms with Gasteiger partial charge in [-0.05, 0) is 76.0 Å². The average Bonchev–Trinajstić information content (AvgIpc) is 2.88. The minimum atomic E-state index is -1.39. The van der Waals surface area contributed by atoms with E-state index in [1.807, 2.05) is 11.8 Å². The van der Waals surface area contributed by atoms with E-state index < -0.39 is 17.6 Å². The van der Waals surface area contributed by atoms with E-state index in [1.54, 1.807) is 25.3 Å². The van der Waals surface area contributed by atoms with Gasteiger partial charge in [-0.1, -0.05) is 29.3 Å². The van der Waals surface area contributed by atoms with Crippen LogP contribution in [0.2, 0.25) is 5.02 Å². The number of carbonyl (C=O) groups is 1. The first-order valence-corrected chi connectivity index (χ1v) is 13.6. The summed E-state index contributed by atoms with van der Waals surface area (Å²) in [6.07, 6.45) is 1.45. The Morgan fingerprint density at radius 1 is 1.25 bits per heavy atom. The maximum atomic E-state index is 15.6. The highest BCUT2D eigenvalue weighted by Gasteiger charge is 2.41. The zero-order valence-corrected chi connectivity index (χ0v) is 22.2.